The maximum atomic E-state index is 10.2. The maximum absolute atomic E-state index is 10.2. The van der Waals surface area contributed by atoms with Crippen LogP contribution in [0.25, 0.3) is 0 Å². The van der Waals surface area contributed by atoms with Gasteiger partial charge in [-0.1, -0.05) is 6.08 Å². The molecule has 58 valence electrons. The van der Waals surface area contributed by atoms with Gasteiger partial charge in [-0.05, 0) is 20.3 Å². The molecule has 0 spiro atoms. The van der Waals surface area contributed by atoms with Gasteiger partial charge in [0, 0.05) is 11.6 Å². The molecule has 0 aromatic rings. The second-order valence-electron chi connectivity index (χ2n) is 2.41. The van der Waals surface area contributed by atoms with Crippen molar-refractivity contribution in [3.8, 4) is 0 Å². The Morgan fingerprint density at radius 1 is 1.80 bits per heavy atom. The molecule has 0 aromatic carbocycles. The summed E-state index contributed by atoms with van der Waals surface area (Å²) in [6.07, 6.45) is 2.26. The number of rotatable bonds is 3. The molecule has 0 heterocycles. The lowest BCUT2D eigenvalue weighted by Gasteiger charge is -1.98. The molecule has 0 fully saturated rings. The van der Waals surface area contributed by atoms with Crippen molar-refractivity contribution in [2.75, 3.05) is 0 Å². The molecule has 0 amide bonds. The first-order chi connectivity index (χ1) is 4.54. The van der Waals surface area contributed by atoms with Crippen molar-refractivity contribution in [3.63, 3.8) is 0 Å². The number of carbonyl (C=O) groups is 1. The lowest BCUT2D eigenvalue weighted by Crippen LogP contribution is -2.13. The summed E-state index contributed by atoms with van der Waals surface area (Å²) in [5.74, 6) is -0.874. The standard InChI is InChI=1S/C7H13NO2/c1-5(7(9)10)3-4-6(2)8/h3,6H,4,8H2,1-2H3,(H,9,10). The largest absolute Gasteiger partial charge is 0.478 e. The zero-order chi connectivity index (χ0) is 8.15. The Labute approximate surface area is 60.5 Å². The summed E-state index contributed by atoms with van der Waals surface area (Å²) in [6, 6.07) is 0.0364. The molecule has 0 aromatic heterocycles. The first-order valence-electron chi connectivity index (χ1n) is 3.19. The molecule has 1 atom stereocenters. The molecule has 0 saturated carbocycles. The van der Waals surface area contributed by atoms with Crippen LogP contribution < -0.4 is 5.73 Å². The third kappa shape index (κ3) is 4.09. The average molecular weight is 143 g/mol. The van der Waals surface area contributed by atoms with E-state index < -0.39 is 5.97 Å². The number of hydrogen-bond acceptors (Lipinski definition) is 2. The fraction of sp³-hybridized carbons (Fsp3) is 0.571. The molecule has 0 radical (unpaired) electrons. The van der Waals surface area contributed by atoms with Gasteiger partial charge in [0.15, 0.2) is 0 Å². The van der Waals surface area contributed by atoms with E-state index in [1.54, 1.807) is 13.0 Å². The first kappa shape index (κ1) is 9.17. The Hall–Kier alpha value is -0.830. The molecule has 0 bridgehead atoms. The van der Waals surface area contributed by atoms with Crippen LogP contribution in [0.3, 0.4) is 0 Å². The summed E-state index contributed by atoms with van der Waals surface area (Å²) < 4.78 is 0. The molecule has 0 aliphatic carbocycles. The van der Waals surface area contributed by atoms with Crippen LogP contribution in [0.5, 0.6) is 0 Å². The molecule has 3 N–H and O–H groups in total. The molecule has 0 rings (SSSR count). The van der Waals surface area contributed by atoms with E-state index in [1.165, 1.54) is 0 Å². The zero-order valence-electron chi connectivity index (χ0n) is 6.29. The topological polar surface area (TPSA) is 63.3 Å². The molecule has 3 nitrogen and oxygen atoms in total. The van der Waals surface area contributed by atoms with Gasteiger partial charge in [-0.15, -0.1) is 0 Å². The summed E-state index contributed by atoms with van der Waals surface area (Å²) in [7, 11) is 0. The number of carboxylic acids is 1. The molecular formula is C7H13NO2. The predicted octanol–water partition coefficient (Wildman–Crippen LogP) is 0.755. The lowest BCUT2D eigenvalue weighted by molar-refractivity contribution is -0.132. The van der Waals surface area contributed by atoms with Gasteiger partial charge < -0.3 is 10.8 Å². The normalized spacial score (nSPS) is 14.9. The summed E-state index contributed by atoms with van der Waals surface area (Å²) in [5, 5.41) is 8.39. The van der Waals surface area contributed by atoms with Crippen LogP contribution in [0.1, 0.15) is 20.3 Å². The van der Waals surface area contributed by atoms with Crippen molar-refractivity contribution in [3.05, 3.63) is 11.6 Å². The Bertz CT molecular complexity index is 150. The van der Waals surface area contributed by atoms with Gasteiger partial charge in [-0.2, -0.15) is 0 Å². The van der Waals surface area contributed by atoms with Crippen LogP contribution in [0.2, 0.25) is 0 Å². The number of carboxylic acid groups (broad SMARTS) is 1. The minimum absolute atomic E-state index is 0.0364. The highest BCUT2D eigenvalue weighted by molar-refractivity contribution is 5.85. The Balaban J connectivity index is 3.81. The van der Waals surface area contributed by atoms with Gasteiger partial charge in [0.2, 0.25) is 0 Å². The van der Waals surface area contributed by atoms with Crippen LogP contribution in [0.4, 0.5) is 0 Å². The van der Waals surface area contributed by atoms with E-state index in [1.807, 2.05) is 6.92 Å². The Morgan fingerprint density at radius 3 is 2.60 bits per heavy atom. The van der Waals surface area contributed by atoms with E-state index in [-0.39, 0.29) is 6.04 Å². The second-order valence-corrected chi connectivity index (χ2v) is 2.41. The Kier molecular flexibility index (Phi) is 3.72. The first-order valence-corrected chi connectivity index (χ1v) is 3.19. The fourth-order valence-corrected chi connectivity index (χ4v) is 0.450. The number of hydrogen-bond donors (Lipinski definition) is 2. The molecule has 3 heteroatoms. The SMILES string of the molecule is CC(=CCC(C)N)C(=O)O. The molecule has 1 unspecified atom stereocenters. The lowest BCUT2D eigenvalue weighted by atomic mass is 10.2. The quantitative estimate of drug-likeness (QED) is 0.573. The van der Waals surface area contributed by atoms with Crippen molar-refractivity contribution in [1.29, 1.82) is 0 Å². The van der Waals surface area contributed by atoms with E-state index >= 15 is 0 Å². The number of aliphatic carboxylic acids is 1. The van der Waals surface area contributed by atoms with E-state index in [9.17, 15) is 4.79 Å². The van der Waals surface area contributed by atoms with Crippen molar-refractivity contribution < 1.29 is 9.90 Å². The molecular weight excluding hydrogens is 130 g/mol. The second kappa shape index (κ2) is 4.06. The number of nitrogens with two attached hydrogens (primary N) is 1. The summed E-state index contributed by atoms with van der Waals surface area (Å²) in [5.41, 5.74) is 5.76. The van der Waals surface area contributed by atoms with Gasteiger partial charge in [-0.3, -0.25) is 0 Å². The van der Waals surface area contributed by atoms with E-state index in [4.69, 9.17) is 10.8 Å². The summed E-state index contributed by atoms with van der Waals surface area (Å²) >= 11 is 0. The van der Waals surface area contributed by atoms with Crippen molar-refractivity contribution >= 4 is 5.97 Å². The van der Waals surface area contributed by atoms with Crippen LogP contribution in [0, 0.1) is 0 Å². The van der Waals surface area contributed by atoms with Gasteiger partial charge in [0.1, 0.15) is 0 Å². The van der Waals surface area contributed by atoms with Crippen molar-refractivity contribution in [2.45, 2.75) is 26.3 Å². The van der Waals surface area contributed by atoms with E-state index in [0.29, 0.717) is 12.0 Å². The monoisotopic (exact) mass is 143 g/mol. The van der Waals surface area contributed by atoms with E-state index in [2.05, 4.69) is 0 Å². The average Bonchev–Trinajstić information content (AvgIpc) is 1.82. The smallest absolute Gasteiger partial charge is 0.330 e. The summed E-state index contributed by atoms with van der Waals surface area (Å²) in [4.78, 5) is 10.2. The van der Waals surface area contributed by atoms with Crippen molar-refractivity contribution in [2.24, 2.45) is 5.73 Å². The molecule has 0 aliphatic heterocycles. The van der Waals surface area contributed by atoms with Crippen LogP contribution in [-0.4, -0.2) is 17.1 Å². The third-order valence-corrected chi connectivity index (χ3v) is 1.13. The highest BCUT2D eigenvalue weighted by atomic mass is 16.4. The predicted molar refractivity (Wildman–Crippen MR) is 39.7 cm³/mol. The minimum atomic E-state index is -0.874. The van der Waals surface area contributed by atoms with E-state index in [0.717, 1.165) is 0 Å². The van der Waals surface area contributed by atoms with Gasteiger partial charge >= 0.3 is 5.97 Å². The molecule has 0 saturated heterocycles. The highest BCUT2D eigenvalue weighted by Gasteiger charge is 1.98. The van der Waals surface area contributed by atoms with Crippen LogP contribution in [0.15, 0.2) is 11.6 Å². The minimum Gasteiger partial charge on any atom is -0.478 e. The highest BCUT2D eigenvalue weighted by Crippen LogP contribution is 1.96. The Morgan fingerprint density at radius 2 is 2.30 bits per heavy atom. The zero-order valence-corrected chi connectivity index (χ0v) is 6.29. The molecule has 0 aliphatic rings. The van der Waals surface area contributed by atoms with Gasteiger partial charge in [-0.25, -0.2) is 4.79 Å². The van der Waals surface area contributed by atoms with Gasteiger partial charge in [0.25, 0.3) is 0 Å². The summed E-state index contributed by atoms with van der Waals surface area (Å²) in [6.45, 7) is 3.40. The van der Waals surface area contributed by atoms with Crippen LogP contribution in [-0.2, 0) is 4.79 Å². The van der Waals surface area contributed by atoms with Gasteiger partial charge in [0.05, 0.1) is 0 Å². The maximum Gasteiger partial charge on any atom is 0.330 e. The fourth-order valence-electron chi connectivity index (χ4n) is 0.450. The van der Waals surface area contributed by atoms with Crippen molar-refractivity contribution in [1.82, 2.24) is 0 Å². The molecule has 10 heavy (non-hydrogen) atoms. The van der Waals surface area contributed by atoms with Crippen LogP contribution >= 0.6 is 0 Å². The third-order valence-electron chi connectivity index (χ3n) is 1.13.